The van der Waals surface area contributed by atoms with Gasteiger partial charge in [0.15, 0.2) is 0 Å². The Labute approximate surface area is 117 Å². The second-order valence-electron chi connectivity index (χ2n) is 4.59. The van der Waals surface area contributed by atoms with Crippen molar-refractivity contribution in [3.63, 3.8) is 0 Å². The lowest BCUT2D eigenvalue weighted by atomic mass is 10.1. The van der Waals surface area contributed by atoms with E-state index < -0.39 is 0 Å². The van der Waals surface area contributed by atoms with Crippen LogP contribution in [-0.2, 0) is 11.8 Å². The zero-order valence-electron chi connectivity index (χ0n) is 12.0. The van der Waals surface area contributed by atoms with Gasteiger partial charge in [-0.15, -0.1) is 0 Å². The van der Waals surface area contributed by atoms with Gasteiger partial charge in [-0.25, -0.2) is 4.79 Å². The van der Waals surface area contributed by atoms with Gasteiger partial charge in [-0.1, -0.05) is 0 Å². The fraction of sp³-hybridized carbons (Fsp3) is 0.357. The van der Waals surface area contributed by atoms with E-state index in [0.717, 1.165) is 0 Å². The third-order valence-electron chi connectivity index (χ3n) is 2.65. The highest BCUT2D eigenvalue weighted by Crippen LogP contribution is 2.29. The first-order valence-corrected chi connectivity index (χ1v) is 6.27. The molecule has 1 aromatic heterocycles. The Balaban J connectivity index is 2.41. The monoisotopic (exact) mass is 275 g/mol. The molecular weight excluding hydrogens is 258 g/mol. The van der Waals surface area contributed by atoms with Crippen molar-refractivity contribution in [2.24, 2.45) is 7.05 Å². The van der Waals surface area contributed by atoms with Gasteiger partial charge < -0.3 is 9.47 Å². The van der Waals surface area contributed by atoms with Crippen LogP contribution in [-0.4, -0.2) is 34.2 Å². The van der Waals surface area contributed by atoms with E-state index in [1.807, 2.05) is 13.8 Å². The van der Waals surface area contributed by atoms with Crippen molar-refractivity contribution in [3.05, 3.63) is 30.0 Å². The van der Waals surface area contributed by atoms with Crippen molar-refractivity contribution in [1.82, 2.24) is 15.0 Å². The van der Waals surface area contributed by atoms with E-state index >= 15 is 0 Å². The van der Waals surface area contributed by atoms with Crippen LogP contribution in [0.2, 0.25) is 0 Å². The number of nitrogens with zero attached hydrogens (tertiary/aromatic N) is 3. The van der Waals surface area contributed by atoms with Crippen LogP contribution >= 0.6 is 0 Å². The lowest BCUT2D eigenvalue weighted by Crippen LogP contribution is -2.11. The van der Waals surface area contributed by atoms with Crippen molar-refractivity contribution in [2.75, 3.05) is 7.11 Å². The Morgan fingerprint density at radius 2 is 2.10 bits per heavy atom. The average molecular weight is 275 g/mol. The summed E-state index contributed by atoms with van der Waals surface area (Å²) < 4.78 is 10.5. The molecule has 0 bridgehead atoms. The Hall–Kier alpha value is -2.37. The summed E-state index contributed by atoms with van der Waals surface area (Å²) >= 11 is 0. The molecule has 0 radical (unpaired) electrons. The van der Waals surface area contributed by atoms with E-state index in [9.17, 15) is 4.79 Å². The third-order valence-corrected chi connectivity index (χ3v) is 2.65. The smallest absolute Gasteiger partial charge is 0.338 e. The number of hydrogen-bond donors (Lipinski definition) is 0. The van der Waals surface area contributed by atoms with Gasteiger partial charge >= 0.3 is 5.97 Å². The highest BCUT2D eigenvalue weighted by molar-refractivity contribution is 5.91. The number of benzene rings is 1. The Morgan fingerprint density at radius 3 is 2.65 bits per heavy atom. The number of methoxy groups -OCH3 is 1. The normalized spacial score (nSPS) is 10.7. The van der Waals surface area contributed by atoms with Gasteiger partial charge in [-0.2, -0.15) is 15.0 Å². The van der Waals surface area contributed by atoms with E-state index in [0.29, 0.717) is 22.6 Å². The molecule has 0 aliphatic heterocycles. The molecule has 1 aromatic carbocycles. The van der Waals surface area contributed by atoms with Crippen molar-refractivity contribution >= 4 is 5.97 Å². The van der Waals surface area contributed by atoms with E-state index in [-0.39, 0.29) is 12.1 Å². The summed E-state index contributed by atoms with van der Waals surface area (Å²) in [6.07, 6.45) is 1.46. The zero-order chi connectivity index (χ0) is 14.7. The fourth-order valence-corrected chi connectivity index (χ4v) is 1.79. The molecule has 0 aliphatic carbocycles. The molecule has 0 spiro atoms. The molecule has 0 aliphatic rings. The quantitative estimate of drug-likeness (QED) is 0.799. The van der Waals surface area contributed by atoms with Gasteiger partial charge in [-0.05, 0) is 32.0 Å². The van der Waals surface area contributed by atoms with E-state index in [4.69, 9.17) is 9.47 Å². The minimum absolute atomic E-state index is 0.162. The largest absolute Gasteiger partial charge is 0.496 e. The van der Waals surface area contributed by atoms with Crippen LogP contribution in [0.1, 0.15) is 24.2 Å². The third kappa shape index (κ3) is 2.96. The molecule has 2 rings (SSSR count). The van der Waals surface area contributed by atoms with Gasteiger partial charge in [0.2, 0.25) is 0 Å². The molecule has 2 aromatic rings. The number of hydrogen-bond acceptors (Lipinski definition) is 5. The molecule has 0 saturated carbocycles. The molecular formula is C14H17N3O3. The van der Waals surface area contributed by atoms with Crippen LogP contribution < -0.4 is 4.74 Å². The predicted molar refractivity (Wildman–Crippen MR) is 73.5 cm³/mol. The fourth-order valence-electron chi connectivity index (χ4n) is 1.79. The number of aromatic nitrogens is 3. The van der Waals surface area contributed by atoms with Crippen molar-refractivity contribution in [3.8, 4) is 17.0 Å². The molecule has 6 nitrogen and oxygen atoms in total. The first-order chi connectivity index (χ1) is 9.51. The van der Waals surface area contributed by atoms with Crippen LogP contribution in [0.5, 0.6) is 5.75 Å². The van der Waals surface area contributed by atoms with E-state index in [1.54, 1.807) is 38.6 Å². The first kappa shape index (κ1) is 14.0. The first-order valence-electron chi connectivity index (χ1n) is 6.27. The van der Waals surface area contributed by atoms with Gasteiger partial charge in [0.05, 0.1) is 25.0 Å². The molecule has 20 heavy (non-hydrogen) atoms. The standard InChI is InChI=1S/C14H17N3O3/c1-9(2)20-14(18)10-5-6-13(19-4)11(7-10)12-8-15-17(3)16-12/h5-9H,1-4H3. The van der Waals surface area contributed by atoms with Gasteiger partial charge in [0.1, 0.15) is 11.4 Å². The summed E-state index contributed by atoms with van der Waals surface area (Å²) in [6.45, 7) is 3.62. The molecule has 0 atom stereocenters. The Kier molecular flexibility index (Phi) is 4.02. The lowest BCUT2D eigenvalue weighted by Gasteiger charge is -2.10. The Bertz CT molecular complexity index is 620. The molecule has 6 heteroatoms. The van der Waals surface area contributed by atoms with Gasteiger partial charge in [0, 0.05) is 12.6 Å². The highest BCUT2D eigenvalue weighted by atomic mass is 16.5. The lowest BCUT2D eigenvalue weighted by molar-refractivity contribution is 0.0378. The summed E-state index contributed by atoms with van der Waals surface area (Å²) in [5, 5.41) is 8.25. The van der Waals surface area contributed by atoms with Crippen molar-refractivity contribution in [1.29, 1.82) is 0 Å². The molecule has 0 N–H and O–H groups in total. The molecule has 0 saturated heterocycles. The topological polar surface area (TPSA) is 66.2 Å². The zero-order valence-corrected chi connectivity index (χ0v) is 12.0. The summed E-state index contributed by atoms with van der Waals surface area (Å²) in [6, 6.07) is 5.10. The van der Waals surface area contributed by atoms with Crippen LogP contribution in [0.3, 0.4) is 0 Å². The van der Waals surface area contributed by atoms with Crippen LogP contribution in [0, 0.1) is 0 Å². The SMILES string of the molecule is COc1ccc(C(=O)OC(C)C)cc1-c1cnn(C)n1. The maximum atomic E-state index is 11.9. The number of carbonyl (C=O) groups is 1. The highest BCUT2D eigenvalue weighted by Gasteiger charge is 2.15. The minimum atomic E-state index is -0.368. The number of aryl methyl sites for hydroxylation is 1. The number of esters is 1. The summed E-state index contributed by atoms with van der Waals surface area (Å²) in [5.41, 5.74) is 1.81. The van der Waals surface area contributed by atoms with E-state index in [2.05, 4.69) is 10.2 Å². The van der Waals surface area contributed by atoms with Crippen LogP contribution in [0.25, 0.3) is 11.3 Å². The molecule has 0 fully saturated rings. The van der Waals surface area contributed by atoms with Crippen molar-refractivity contribution < 1.29 is 14.3 Å². The number of ether oxygens (including phenoxy) is 2. The number of rotatable bonds is 4. The maximum absolute atomic E-state index is 11.9. The van der Waals surface area contributed by atoms with Crippen molar-refractivity contribution in [2.45, 2.75) is 20.0 Å². The molecule has 0 unspecified atom stereocenters. The molecule has 0 amide bonds. The summed E-state index contributed by atoms with van der Waals surface area (Å²) in [4.78, 5) is 13.4. The maximum Gasteiger partial charge on any atom is 0.338 e. The minimum Gasteiger partial charge on any atom is -0.496 e. The van der Waals surface area contributed by atoms with Gasteiger partial charge in [0.25, 0.3) is 0 Å². The van der Waals surface area contributed by atoms with Crippen LogP contribution in [0.15, 0.2) is 24.4 Å². The molecule has 1 heterocycles. The predicted octanol–water partition coefficient (Wildman–Crippen LogP) is 2.06. The number of carbonyl (C=O) groups excluding carboxylic acids is 1. The molecule has 106 valence electrons. The summed E-state index contributed by atoms with van der Waals surface area (Å²) in [7, 11) is 3.30. The second-order valence-corrected chi connectivity index (χ2v) is 4.59. The van der Waals surface area contributed by atoms with E-state index in [1.165, 1.54) is 4.80 Å². The Morgan fingerprint density at radius 1 is 1.35 bits per heavy atom. The van der Waals surface area contributed by atoms with Crippen LogP contribution in [0.4, 0.5) is 0 Å². The summed E-state index contributed by atoms with van der Waals surface area (Å²) in [5.74, 6) is 0.263. The average Bonchev–Trinajstić information content (AvgIpc) is 2.83. The van der Waals surface area contributed by atoms with Gasteiger partial charge in [-0.3, -0.25) is 0 Å². The second kappa shape index (κ2) is 5.73.